The highest BCUT2D eigenvalue weighted by Crippen LogP contribution is 2.37. The first-order valence-corrected chi connectivity index (χ1v) is 6.47. The Morgan fingerprint density at radius 3 is 2.29 bits per heavy atom. The van der Waals surface area contributed by atoms with Crippen LogP contribution in [-0.4, -0.2) is 25.2 Å². The zero-order chi connectivity index (χ0) is 15.8. The van der Waals surface area contributed by atoms with Gasteiger partial charge in [0.25, 0.3) is 5.69 Å². The Kier molecular flexibility index (Phi) is 3.96. The van der Waals surface area contributed by atoms with Gasteiger partial charge in [-0.15, -0.1) is 0 Å². The van der Waals surface area contributed by atoms with Crippen LogP contribution in [0.5, 0.6) is 5.75 Å². The van der Waals surface area contributed by atoms with Crippen molar-refractivity contribution in [1.29, 1.82) is 0 Å². The summed E-state index contributed by atoms with van der Waals surface area (Å²) in [6.07, 6.45) is 0. The monoisotopic (exact) mass is 295 g/mol. The molecule has 0 atom stereocenters. The van der Waals surface area contributed by atoms with Crippen LogP contribution in [0.1, 0.15) is 27.7 Å². The van der Waals surface area contributed by atoms with Gasteiger partial charge in [0.15, 0.2) is 0 Å². The zero-order valence-electron chi connectivity index (χ0n) is 12.4. The Balaban J connectivity index is 2.41. The van der Waals surface area contributed by atoms with Crippen LogP contribution in [0.15, 0.2) is 12.1 Å². The minimum absolute atomic E-state index is 0.155. The predicted octanol–water partition coefficient (Wildman–Crippen LogP) is 2.98. The molecule has 1 fully saturated rings. The second-order valence-corrected chi connectivity index (χ2v) is 5.80. The highest BCUT2D eigenvalue weighted by atomic mass is 19.1. The summed E-state index contributed by atoms with van der Waals surface area (Å²) in [7, 11) is -0.800. The lowest BCUT2D eigenvalue weighted by molar-refractivity contribution is 0.00578. The molecule has 2 rings (SSSR count). The summed E-state index contributed by atoms with van der Waals surface area (Å²) in [5.41, 5.74) is -1.16. The third-order valence-corrected chi connectivity index (χ3v) is 3.90. The summed E-state index contributed by atoms with van der Waals surface area (Å²) >= 11 is 0. The third kappa shape index (κ3) is 2.74. The average molecular weight is 295 g/mol. The predicted molar refractivity (Wildman–Crippen MR) is 75.0 cm³/mol. The molecule has 1 aromatic carbocycles. The van der Waals surface area contributed by atoms with Gasteiger partial charge in [-0.25, -0.2) is 13.6 Å². The first kappa shape index (κ1) is 15.7. The molecule has 4 nitrogen and oxygen atoms in total. The Morgan fingerprint density at radius 1 is 1.24 bits per heavy atom. The normalized spacial score (nSPS) is 19.4. The number of hydrogen-bond donors (Lipinski definition) is 0. The minimum atomic E-state index is -1.14. The summed E-state index contributed by atoms with van der Waals surface area (Å²) in [5, 5.41) is 0. The van der Waals surface area contributed by atoms with Crippen LogP contribution in [0.2, 0.25) is 0 Å². The van der Waals surface area contributed by atoms with E-state index in [-0.39, 0.29) is 11.4 Å². The first-order chi connectivity index (χ1) is 9.71. The number of halogens is 2. The Bertz CT molecular complexity index is 583. The molecule has 1 heterocycles. The highest BCUT2D eigenvalue weighted by Gasteiger charge is 2.51. The van der Waals surface area contributed by atoms with Crippen LogP contribution in [0, 0.1) is 12.4 Å². The molecule has 1 aliphatic heterocycles. The van der Waals surface area contributed by atoms with E-state index in [1.54, 1.807) is 0 Å². The van der Waals surface area contributed by atoms with Gasteiger partial charge in [-0.05, 0) is 45.3 Å². The standard InChI is InChI=1S/C14H16BF2NO3/c1-13(2)14(3,4)21-15(20-13)9-6-10(17)12(18-5)11(7-9)19-8-16/h6-7H,8H2,1-4H3. The molecule has 1 saturated heterocycles. The second kappa shape index (κ2) is 5.28. The lowest BCUT2D eigenvalue weighted by Gasteiger charge is -2.32. The molecule has 0 N–H and O–H groups in total. The molecule has 0 amide bonds. The van der Waals surface area contributed by atoms with Crippen molar-refractivity contribution in [1.82, 2.24) is 0 Å². The van der Waals surface area contributed by atoms with Gasteiger partial charge in [0.05, 0.1) is 17.8 Å². The van der Waals surface area contributed by atoms with E-state index < -0.39 is 31.0 Å². The molecule has 0 aromatic heterocycles. The Labute approximate surface area is 123 Å². The SMILES string of the molecule is [C-]#[N+]c1c(F)cc(B2OC(C)(C)C(C)(C)O2)cc1OCF. The lowest BCUT2D eigenvalue weighted by atomic mass is 9.79. The number of nitrogens with zero attached hydrogens (tertiary/aromatic N) is 1. The molecular formula is C14H16BF2NO3. The number of ether oxygens (including phenoxy) is 1. The van der Waals surface area contributed by atoms with E-state index in [0.29, 0.717) is 5.46 Å². The number of hydrogen-bond acceptors (Lipinski definition) is 3. The van der Waals surface area contributed by atoms with E-state index in [9.17, 15) is 8.78 Å². The number of alkyl halides is 1. The van der Waals surface area contributed by atoms with Crippen molar-refractivity contribution in [2.45, 2.75) is 38.9 Å². The van der Waals surface area contributed by atoms with Crippen molar-refractivity contribution in [2.75, 3.05) is 6.86 Å². The van der Waals surface area contributed by atoms with Crippen LogP contribution in [0.4, 0.5) is 14.5 Å². The molecule has 1 aromatic rings. The van der Waals surface area contributed by atoms with Crippen molar-refractivity contribution < 1.29 is 22.8 Å². The van der Waals surface area contributed by atoms with Gasteiger partial charge in [-0.2, -0.15) is 0 Å². The molecule has 112 valence electrons. The molecule has 0 saturated carbocycles. The number of rotatable bonds is 3. The van der Waals surface area contributed by atoms with Crippen LogP contribution in [-0.2, 0) is 9.31 Å². The van der Waals surface area contributed by atoms with Gasteiger partial charge in [0.1, 0.15) is 11.6 Å². The quantitative estimate of drug-likeness (QED) is 0.634. The molecule has 1 aliphatic rings. The lowest BCUT2D eigenvalue weighted by Crippen LogP contribution is -2.41. The van der Waals surface area contributed by atoms with Crippen molar-refractivity contribution in [3.8, 4) is 5.75 Å². The summed E-state index contributed by atoms with van der Waals surface area (Å²) in [5.74, 6) is -0.946. The van der Waals surface area contributed by atoms with E-state index in [1.807, 2.05) is 27.7 Å². The van der Waals surface area contributed by atoms with E-state index in [2.05, 4.69) is 9.58 Å². The van der Waals surface area contributed by atoms with Gasteiger partial charge in [-0.3, -0.25) is 0 Å². The maximum atomic E-state index is 13.9. The zero-order valence-corrected chi connectivity index (χ0v) is 12.4. The topological polar surface area (TPSA) is 32.0 Å². The first-order valence-electron chi connectivity index (χ1n) is 6.47. The molecule has 0 bridgehead atoms. The van der Waals surface area contributed by atoms with E-state index >= 15 is 0 Å². The molecule has 0 radical (unpaired) electrons. The molecular weight excluding hydrogens is 279 g/mol. The molecule has 0 unspecified atom stereocenters. The van der Waals surface area contributed by atoms with Gasteiger partial charge >= 0.3 is 7.12 Å². The van der Waals surface area contributed by atoms with Crippen molar-refractivity contribution in [3.63, 3.8) is 0 Å². The van der Waals surface area contributed by atoms with Crippen molar-refractivity contribution in [2.24, 2.45) is 0 Å². The van der Waals surface area contributed by atoms with E-state index in [1.165, 1.54) is 6.07 Å². The van der Waals surface area contributed by atoms with Gasteiger partial charge in [0.2, 0.25) is 6.86 Å². The smallest absolute Gasteiger partial charge is 0.474 e. The van der Waals surface area contributed by atoms with Crippen LogP contribution >= 0.6 is 0 Å². The Morgan fingerprint density at radius 2 is 1.81 bits per heavy atom. The van der Waals surface area contributed by atoms with Crippen molar-refractivity contribution in [3.05, 3.63) is 29.4 Å². The fourth-order valence-electron chi connectivity index (χ4n) is 1.99. The minimum Gasteiger partial charge on any atom is -0.474 e. The molecule has 21 heavy (non-hydrogen) atoms. The molecule has 0 spiro atoms. The fourth-order valence-corrected chi connectivity index (χ4v) is 1.99. The summed E-state index contributed by atoms with van der Waals surface area (Å²) in [6, 6.07) is 2.53. The maximum absolute atomic E-state index is 13.9. The molecule has 7 heteroatoms. The van der Waals surface area contributed by atoms with Gasteiger partial charge < -0.3 is 14.0 Å². The van der Waals surface area contributed by atoms with E-state index in [0.717, 1.165) is 6.07 Å². The van der Waals surface area contributed by atoms with Crippen LogP contribution in [0.3, 0.4) is 0 Å². The van der Waals surface area contributed by atoms with Gasteiger partial charge in [-0.1, -0.05) is 0 Å². The van der Waals surface area contributed by atoms with E-state index in [4.69, 9.17) is 15.9 Å². The number of benzene rings is 1. The van der Waals surface area contributed by atoms with Gasteiger partial charge in [0, 0.05) is 0 Å². The van der Waals surface area contributed by atoms with Crippen LogP contribution in [0.25, 0.3) is 4.85 Å². The third-order valence-electron chi connectivity index (χ3n) is 3.90. The average Bonchev–Trinajstić information content (AvgIpc) is 2.58. The Hall–Kier alpha value is -1.65. The van der Waals surface area contributed by atoms with Crippen LogP contribution < -0.4 is 10.2 Å². The summed E-state index contributed by atoms with van der Waals surface area (Å²) in [4.78, 5) is 3.02. The fraction of sp³-hybridized carbons (Fsp3) is 0.500. The van der Waals surface area contributed by atoms with Crippen molar-refractivity contribution >= 4 is 18.3 Å². The highest BCUT2D eigenvalue weighted by molar-refractivity contribution is 6.62. The largest absolute Gasteiger partial charge is 0.494 e. The maximum Gasteiger partial charge on any atom is 0.494 e. The molecule has 0 aliphatic carbocycles. The summed E-state index contributed by atoms with van der Waals surface area (Å²) in [6.45, 7) is 13.3. The second-order valence-electron chi connectivity index (χ2n) is 5.80. The summed E-state index contributed by atoms with van der Waals surface area (Å²) < 4.78 is 42.6.